The van der Waals surface area contributed by atoms with Crippen LogP contribution >= 0.6 is 11.6 Å². The summed E-state index contributed by atoms with van der Waals surface area (Å²) in [6.45, 7) is 6.73. The molecule has 2 N–H and O–H groups in total. The molecule has 1 unspecified atom stereocenters. The van der Waals surface area contributed by atoms with Gasteiger partial charge in [-0.15, -0.1) is 0 Å². The van der Waals surface area contributed by atoms with E-state index in [4.69, 9.17) is 11.6 Å². The van der Waals surface area contributed by atoms with E-state index >= 15 is 0 Å². The zero-order valence-electron chi connectivity index (χ0n) is 27.3. The quantitative estimate of drug-likeness (QED) is 0.365. The molecule has 3 fully saturated rings. The standard InChI is InChI=1S/C35H41ClN8O4/c1-40-19-24(15-26(21-40)38-29-17-37-41(2)35(48)32(29)36)23-5-3-22(4-6-23)18-42-11-13-43(14-12-42)27-7-8-28-25(16-27)20-44(34(28)47)30-9-10-31(45)39-33(30)46/h3-8,16-17,24,26,30,38H,9-15,18-21H2,1-2H3,(H,39,45,46)/t24-,26+,30?/m0/s1. The number of imide groups is 1. The number of amides is 3. The number of anilines is 2. The highest BCUT2D eigenvalue weighted by Crippen LogP contribution is 2.32. The highest BCUT2D eigenvalue weighted by molar-refractivity contribution is 6.32. The van der Waals surface area contributed by atoms with Crippen LogP contribution < -0.4 is 21.1 Å². The van der Waals surface area contributed by atoms with E-state index in [1.165, 1.54) is 15.8 Å². The number of halogens is 1. The molecule has 0 spiro atoms. The number of nitrogens with one attached hydrogen (secondary N) is 2. The second-order valence-electron chi connectivity index (χ2n) is 13.5. The van der Waals surface area contributed by atoms with E-state index in [1.54, 1.807) is 18.1 Å². The first kappa shape index (κ1) is 32.3. The van der Waals surface area contributed by atoms with Crippen molar-refractivity contribution in [1.82, 2.24) is 29.8 Å². The number of piperidine rings is 2. The van der Waals surface area contributed by atoms with Gasteiger partial charge >= 0.3 is 0 Å². The summed E-state index contributed by atoms with van der Waals surface area (Å²) < 4.78 is 1.24. The van der Waals surface area contributed by atoms with Gasteiger partial charge in [0.05, 0.1) is 11.9 Å². The number of carbonyl (C=O) groups excluding carboxylic acids is 3. The number of aromatic nitrogens is 2. The van der Waals surface area contributed by atoms with Crippen LogP contribution in [0.5, 0.6) is 0 Å². The SMILES string of the molecule is CN1C[C@H](Nc2cnn(C)c(=O)c2Cl)C[C@H](c2ccc(CN3CCN(c4ccc5c(c4)CN(C4CCC(=O)NC4=O)C5=O)CC3)cc2)C1. The van der Waals surface area contributed by atoms with E-state index in [-0.39, 0.29) is 40.8 Å². The van der Waals surface area contributed by atoms with E-state index in [0.717, 1.165) is 63.5 Å². The Morgan fingerprint density at radius 1 is 0.979 bits per heavy atom. The fraction of sp³-hybridized carbons (Fsp3) is 0.457. The molecule has 0 saturated carbocycles. The molecular formula is C35H41ClN8O4. The van der Waals surface area contributed by atoms with Gasteiger partial charge in [0.1, 0.15) is 11.1 Å². The summed E-state index contributed by atoms with van der Waals surface area (Å²) in [6.07, 6.45) is 3.17. The third-order valence-electron chi connectivity index (χ3n) is 10.2. The largest absolute Gasteiger partial charge is 0.378 e. The van der Waals surface area contributed by atoms with E-state index < -0.39 is 6.04 Å². The number of nitrogens with zero attached hydrogens (tertiary/aromatic N) is 6. The molecule has 4 aliphatic rings. The Balaban J connectivity index is 0.921. The van der Waals surface area contributed by atoms with Crippen molar-refractivity contribution in [3.63, 3.8) is 0 Å². The van der Waals surface area contributed by atoms with Crippen molar-refractivity contribution in [2.75, 3.05) is 56.5 Å². The van der Waals surface area contributed by atoms with Crippen molar-refractivity contribution in [3.8, 4) is 0 Å². The van der Waals surface area contributed by atoms with Crippen LogP contribution in [0.1, 0.15) is 52.2 Å². The van der Waals surface area contributed by atoms with E-state index in [0.29, 0.717) is 30.1 Å². The van der Waals surface area contributed by atoms with E-state index in [9.17, 15) is 19.2 Å². The van der Waals surface area contributed by atoms with Crippen LogP contribution in [0.25, 0.3) is 0 Å². The Morgan fingerprint density at radius 2 is 1.75 bits per heavy atom. The smallest absolute Gasteiger partial charge is 0.287 e. The van der Waals surface area contributed by atoms with Gasteiger partial charge in [-0.05, 0) is 60.7 Å². The topological polar surface area (TPSA) is 123 Å². The highest BCUT2D eigenvalue weighted by atomic mass is 35.5. The van der Waals surface area contributed by atoms with Crippen LogP contribution in [0.2, 0.25) is 5.02 Å². The molecule has 0 aliphatic carbocycles. The fourth-order valence-electron chi connectivity index (χ4n) is 7.57. The molecule has 0 radical (unpaired) electrons. The van der Waals surface area contributed by atoms with Crippen molar-refractivity contribution in [2.24, 2.45) is 7.05 Å². The number of benzene rings is 2. The molecule has 4 aliphatic heterocycles. The third kappa shape index (κ3) is 6.56. The minimum absolute atomic E-state index is 0.142. The Morgan fingerprint density at radius 3 is 2.50 bits per heavy atom. The maximum atomic E-state index is 13.1. The number of fused-ring (bicyclic) bond motifs is 1. The predicted octanol–water partition coefficient (Wildman–Crippen LogP) is 2.42. The minimum atomic E-state index is -0.600. The van der Waals surface area contributed by atoms with Gasteiger partial charge in [-0.1, -0.05) is 35.9 Å². The summed E-state index contributed by atoms with van der Waals surface area (Å²) in [4.78, 5) is 58.1. The molecule has 3 amide bonds. The second-order valence-corrected chi connectivity index (χ2v) is 13.9. The lowest BCUT2D eigenvalue weighted by Crippen LogP contribution is -2.52. The first-order valence-electron chi connectivity index (χ1n) is 16.6. The van der Waals surface area contributed by atoms with Gasteiger partial charge in [0.15, 0.2) is 0 Å². The Bertz CT molecular complexity index is 1790. The van der Waals surface area contributed by atoms with Crippen LogP contribution in [0.3, 0.4) is 0 Å². The molecule has 3 aromatic rings. The van der Waals surface area contributed by atoms with Crippen LogP contribution in [-0.2, 0) is 29.7 Å². The molecule has 2 aromatic carbocycles. The molecular weight excluding hydrogens is 632 g/mol. The second kappa shape index (κ2) is 13.3. The molecule has 3 atom stereocenters. The maximum Gasteiger partial charge on any atom is 0.287 e. The van der Waals surface area contributed by atoms with E-state index in [2.05, 4.69) is 67.8 Å². The van der Waals surface area contributed by atoms with Gasteiger partial charge in [0.25, 0.3) is 11.5 Å². The molecule has 7 rings (SSSR count). The van der Waals surface area contributed by atoms with Gasteiger partial charge in [0.2, 0.25) is 11.8 Å². The van der Waals surface area contributed by atoms with Crippen LogP contribution in [0.15, 0.2) is 53.5 Å². The summed E-state index contributed by atoms with van der Waals surface area (Å²) in [5.41, 5.74) is 5.53. The summed E-state index contributed by atoms with van der Waals surface area (Å²) in [5.74, 6) is -0.450. The summed E-state index contributed by atoms with van der Waals surface area (Å²) in [7, 11) is 3.71. The van der Waals surface area contributed by atoms with E-state index in [1.807, 2.05) is 12.1 Å². The highest BCUT2D eigenvalue weighted by Gasteiger charge is 2.39. The van der Waals surface area contributed by atoms with Gasteiger partial charge in [-0.2, -0.15) is 5.10 Å². The summed E-state index contributed by atoms with van der Waals surface area (Å²) in [5, 5.41) is 10.1. The molecule has 3 saturated heterocycles. The van der Waals surface area contributed by atoms with Crippen LogP contribution in [0, 0.1) is 0 Å². The number of rotatable bonds is 7. The molecule has 1 aromatic heterocycles. The number of hydrogen-bond acceptors (Lipinski definition) is 9. The monoisotopic (exact) mass is 672 g/mol. The number of aryl methyl sites for hydroxylation is 1. The van der Waals surface area contributed by atoms with Gasteiger partial charge in [0, 0.05) is 83.1 Å². The van der Waals surface area contributed by atoms with Gasteiger partial charge in [-0.25, -0.2) is 4.68 Å². The number of carbonyl (C=O) groups is 3. The number of likely N-dealkylation sites (tertiary alicyclic amines) is 1. The molecule has 0 bridgehead atoms. The first-order chi connectivity index (χ1) is 23.1. The van der Waals surface area contributed by atoms with Crippen molar-refractivity contribution in [3.05, 3.63) is 86.3 Å². The normalized spacial score (nSPS) is 23.7. The molecule has 5 heterocycles. The van der Waals surface area contributed by atoms with Crippen LogP contribution in [-0.4, -0.2) is 101 Å². The van der Waals surface area contributed by atoms with Crippen molar-refractivity contribution >= 4 is 40.7 Å². The van der Waals surface area contributed by atoms with Crippen molar-refractivity contribution in [1.29, 1.82) is 0 Å². The Hall–Kier alpha value is -4.26. The van der Waals surface area contributed by atoms with Crippen LogP contribution in [0.4, 0.5) is 11.4 Å². The summed E-state index contributed by atoms with van der Waals surface area (Å²) >= 11 is 6.32. The van der Waals surface area contributed by atoms with Crippen molar-refractivity contribution in [2.45, 2.75) is 50.4 Å². The lowest BCUT2D eigenvalue weighted by Gasteiger charge is -2.37. The molecule has 48 heavy (non-hydrogen) atoms. The Labute approximate surface area is 284 Å². The van der Waals surface area contributed by atoms with Crippen molar-refractivity contribution < 1.29 is 14.4 Å². The lowest BCUT2D eigenvalue weighted by atomic mass is 9.87. The maximum absolute atomic E-state index is 13.1. The fourth-order valence-corrected chi connectivity index (χ4v) is 7.80. The van der Waals surface area contributed by atoms with Gasteiger partial charge < -0.3 is 20.0 Å². The number of hydrogen-bond donors (Lipinski definition) is 2. The zero-order valence-corrected chi connectivity index (χ0v) is 28.1. The molecule has 12 nitrogen and oxygen atoms in total. The lowest BCUT2D eigenvalue weighted by molar-refractivity contribution is -0.136. The molecule has 252 valence electrons. The minimum Gasteiger partial charge on any atom is -0.378 e. The number of likely N-dealkylation sites (N-methyl/N-ethyl adjacent to an activating group) is 1. The molecule has 13 heteroatoms. The third-order valence-corrected chi connectivity index (χ3v) is 10.5. The average molecular weight is 673 g/mol. The zero-order chi connectivity index (χ0) is 33.5. The average Bonchev–Trinajstić information content (AvgIpc) is 3.40. The Kier molecular flexibility index (Phi) is 8.97. The van der Waals surface area contributed by atoms with Gasteiger partial charge in [-0.3, -0.25) is 29.4 Å². The summed E-state index contributed by atoms with van der Waals surface area (Å²) in [6, 6.07) is 14.5. The predicted molar refractivity (Wildman–Crippen MR) is 183 cm³/mol. The number of piperazine rings is 1. The first-order valence-corrected chi connectivity index (χ1v) is 17.0.